The van der Waals surface area contributed by atoms with Crippen LogP contribution in [0.25, 0.3) is 11.0 Å². The molecule has 0 N–H and O–H groups in total. The van der Waals surface area contributed by atoms with Gasteiger partial charge in [-0.15, -0.1) is 0 Å². The van der Waals surface area contributed by atoms with E-state index in [0.29, 0.717) is 28.5 Å². The Balaban J connectivity index is 1.69. The minimum Gasteiger partial charge on any atom is -0.359 e. The summed E-state index contributed by atoms with van der Waals surface area (Å²) in [5.74, 6) is -0.720. The monoisotopic (exact) mass is 482 g/mol. The van der Waals surface area contributed by atoms with Crippen LogP contribution in [0.2, 0.25) is 30.7 Å². The maximum absolute atomic E-state index is 14.5. The molecule has 0 unspecified atom stereocenters. The average Bonchev–Trinajstić information content (AvgIpc) is 3.26. The van der Waals surface area contributed by atoms with Gasteiger partial charge in [-0.2, -0.15) is 5.10 Å². The van der Waals surface area contributed by atoms with Crippen molar-refractivity contribution < 1.29 is 17.9 Å². The summed E-state index contributed by atoms with van der Waals surface area (Å²) in [6.07, 6.45) is 0.345. The molecule has 0 bridgehead atoms. The highest BCUT2D eigenvalue weighted by atomic mass is 35.5. The molecule has 4 rings (SSSR count). The van der Waals surface area contributed by atoms with E-state index in [4.69, 9.17) is 16.3 Å². The van der Waals surface area contributed by atoms with Crippen molar-refractivity contribution in [2.24, 2.45) is 0 Å². The predicted octanol–water partition coefficient (Wildman–Crippen LogP) is 5.96. The molecule has 0 spiro atoms. The van der Waals surface area contributed by atoms with Gasteiger partial charge in [0.1, 0.15) is 24.5 Å². The summed E-state index contributed by atoms with van der Waals surface area (Å²) in [6.45, 7) is 7.61. The first kappa shape index (κ1) is 23.1. The molecule has 32 heavy (non-hydrogen) atoms. The lowest BCUT2D eigenvalue weighted by Gasteiger charge is -2.25. The lowest BCUT2D eigenvalue weighted by molar-refractivity contribution is 0.0814. The summed E-state index contributed by atoms with van der Waals surface area (Å²) in [4.78, 5) is 6.06. The van der Waals surface area contributed by atoms with E-state index in [-0.39, 0.29) is 25.3 Å². The molecule has 0 amide bonds. The molecule has 2 atom stereocenters. The van der Waals surface area contributed by atoms with Crippen LogP contribution in [0.15, 0.2) is 30.5 Å². The van der Waals surface area contributed by atoms with Gasteiger partial charge >= 0.3 is 0 Å². The highest BCUT2D eigenvalue weighted by Crippen LogP contribution is 2.41. The SMILES string of the molecule is C[Si](C)(C)CCOCn1nc(N2C[C@@H](F)C[C@@H]2c2cc(F)ccc2F)c2cc(Cl)cnc21. The van der Waals surface area contributed by atoms with Crippen LogP contribution in [0.1, 0.15) is 18.0 Å². The fourth-order valence-corrected chi connectivity index (χ4v) is 4.85. The number of halogens is 4. The number of hydrogen-bond donors (Lipinski definition) is 0. The van der Waals surface area contributed by atoms with Crippen LogP contribution >= 0.6 is 11.6 Å². The van der Waals surface area contributed by atoms with E-state index in [1.54, 1.807) is 15.6 Å². The van der Waals surface area contributed by atoms with Crippen molar-refractivity contribution in [1.82, 2.24) is 14.8 Å². The quantitative estimate of drug-likeness (QED) is 0.307. The van der Waals surface area contributed by atoms with Crippen molar-refractivity contribution in [2.45, 2.75) is 51.1 Å². The highest BCUT2D eigenvalue weighted by molar-refractivity contribution is 6.76. The van der Waals surface area contributed by atoms with Crippen LogP contribution in [0, 0.1) is 11.6 Å². The number of rotatable bonds is 7. The van der Waals surface area contributed by atoms with E-state index in [2.05, 4.69) is 29.7 Å². The molecular formula is C22H26ClF3N4OSi. The Kier molecular flexibility index (Phi) is 6.51. The molecule has 0 aliphatic carbocycles. The van der Waals surface area contributed by atoms with Crippen LogP contribution in [-0.2, 0) is 11.5 Å². The van der Waals surface area contributed by atoms with Gasteiger partial charge in [0.2, 0.25) is 0 Å². The number of fused-ring (bicyclic) bond motifs is 1. The number of hydrogen-bond acceptors (Lipinski definition) is 4. The second-order valence-electron chi connectivity index (χ2n) is 9.36. The molecule has 3 heterocycles. The molecule has 10 heteroatoms. The molecule has 172 valence electrons. The largest absolute Gasteiger partial charge is 0.359 e. The van der Waals surface area contributed by atoms with Gasteiger partial charge < -0.3 is 9.64 Å². The summed E-state index contributed by atoms with van der Waals surface area (Å²) in [5.41, 5.74) is 0.646. The fraction of sp³-hybridized carbons (Fsp3) is 0.455. The van der Waals surface area contributed by atoms with Gasteiger partial charge in [0, 0.05) is 32.9 Å². The number of pyridine rings is 1. The Morgan fingerprint density at radius 2 is 2.00 bits per heavy atom. The Bertz CT molecular complexity index is 1120. The Labute approximate surface area is 191 Å². The molecular weight excluding hydrogens is 457 g/mol. The third kappa shape index (κ3) is 4.94. The summed E-state index contributed by atoms with van der Waals surface area (Å²) in [7, 11) is -1.24. The molecule has 0 saturated carbocycles. The van der Waals surface area contributed by atoms with Crippen molar-refractivity contribution >= 4 is 36.5 Å². The van der Waals surface area contributed by atoms with Crippen molar-refractivity contribution in [3.63, 3.8) is 0 Å². The van der Waals surface area contributed by atoms with Gasteiger partial charge in [-0.3, -0.25) is 0 Å². The Morgan fingerprint density at radius 3 is 2.75 bits per heavy atom. The van der Waals surface area contributed by atoms with E-state index >= 15 is 0 Å². The smallest absolute Gasteiger partial charge is 0.162 e. The average molecular weight is 483 g/mol. The maximum atomic E-state index is 14.5. The molecule has 3 aromatic rings. The zero-order valence-electron chi connectivity index (χ0n) is 18.3. The third-order valence-electron chi connectivity index (χ3n) is 5.58. The minimum atomic E-state index is -1.24. The van der Waals surface area contributed by atoms with Crippen LogP contribution in [0.3, 0.4) is 0 Å². The molecule has 1 fully saturated rings. The first-order chi connectivity index (χ1) is 15.1. The van der Waals surface area contributed by atoms with Crippen LogP contribution < -0.4 is 4.90 Å². The van der Waals surface area contributed by atoms with E-state index in [9.17, 15) is 13.2 Å². The van der Waals surface area contributed by atoms with Crippen molar-refractivity contribution in [3.05, 3.63) is 52.7 Å². The normalized spacial score (nSPS) is 19.3. The summed E-state index contributed by atoms with van der Waals surface area (Å²) in [6, 6.07) is 5.25. The number of aromatic nitrogens is 3. The van der Waals surface area contributed by atoms with Crippen molar-refractivity contribution in [3.8, 4) is 0 Å². The van der Waals surface area contributed by atoms with Crippen LogP contribution in [-0.4, -0.2) is 42.2 Å². The number of benzene rings is 1. The first-order valence-corrected chi connectivity index (χ1v) is 14.7. The van der Waals surface area contributed by atoms with Crippen molar-refractivity contribution in [2.75, 3.05) is 18.1 Å². The number of nitrogens with zero attached hydrogens (tertiary/aromatic N) is 4. The fourth-order valence-electron chi connectivity index (χ4n) is 3.93. The summed E-state index contributed by atoms with van der Waals surface area (Å²) >= 11 is 6.18. The van der Waals surface area contributed by atoms with E-state index in [1.165, 1.54) is 6.20 Å². The number of anilines is 1. The van der Waals surface area contributed by atoms with Gasteiger partial charge in [0.25, 0.3) is 0 Å². The summed E-state index contributed by atoms with van der Waals surface area (Å²) < 4.78 is 50.3. The topological polar surface area (TPSA) is 43.2 Å². The predicted molar refractivity (Wildman–Crippen MR) is 123 cm³/mol. The zero-order valence-corrected chi connectivity index (χ0v) is 20.0. The Morgan fingerprint density at radius 1 is 1.22 bits per heavy atom. The van der Waals surface area contributed by atoms with Crippen molar-refractivity contribution in [1.29, 1.82) is 0 Å². The lowest BCUT2D eigenvalue weighted by atomic mass is 10.0. The molecule has 5 nitrogen and oxygen atoms in total. The minimum absolute atomic E-state index is 0.00965. The van der Waals surface area contributed by atoms with Gasteiger partial charge in [0.15, 0.2) is 11.5 Å². The van der Waals surface area contributed by atoms with E-state index < -0.39 is 31.9 Å². The highest BCUT2D eigenvalue weighted by Gasteiger charge is 2.37. The molecule has 1 aromatic carbocycles. The van der Waals surface area contributed by atoms with Crippen LogP contribution in [0.5, 0.6) is 0 Å². The molecule has 1 aliphatic rings. The van der Waals surface area contributed by atoms with Gasteiger partial charge in [-0.25, -0.2) is 22.8 Å². The molecule has 1 saturated heterocycles. The maximum Gasteiger partial charge on any atom is 0.162 e. The van der Waals surface area contributed by atoms with E-state index in [1.807, 2.05) is 0 Å². The van der Waals surface area contributed by atoms with Crippen LogP contribution in [0.4, 0.5) is 19.0 Å². The second kappa shape index (κ2) is 9.03. The lowest BCUT2D eigenvalue weighted by Crippen LogP contribution is -2.25. The second-order valence-corrected chi connectivity index (χ2v) is 15.4. The number of ether oxygens (including phenoxy) is 1. The standard InChI is InChI=1S/C22H26ClF3N4OSi/c1-32(2,3)7-6-31-13-30-21-18(8-14(23)11-27-21)22(28-30)29-12-16(25)10-20(29)17-9-15(24)4-5-19(17)26/h4-5,8-9,11,16,20H,6-7,10,12-13H2,1-3H3/t16-,20+/m0/s1. The first-order valence-electron chi connectivity index (χ1n) is 10.6. The molecule has 1 aliphatic heterocycles. The van der Waals surface area contributed by atoms with Gasteiger partial charge in [0.05, 0.1) is 23.0 Å². The Hall–Kier alpha value is -2.10. The van der Waals surface area contributed by atoms with Gasteiger partial charge in [-0.1, -0.05) is 31.2 Å². The third-order valence-corrected chi connectivity index (χ3v) is 7.49. The van der Waals surface area contributed by atoms with Gasteiger partial charge in [-0.05, 0) is 30.3 Å². The van der Waals surface area contributed by atoms with E-state index in [0.717, 1.165) is 24.2 Å². The summed E-state index contributed by atoms with van der Waals surface area (Å²) in [5, 5.41) is 5.65. The zero-order chi connectivity index (χ0) is 23.0. The molecule has 0 radical (unpaired) electrons. The molecule has 2 aromatic heterocycles. The number of alkyl halides is 1.